The maximum Gasteiger partial charge on any atom is 0.341 e. The van der Waals surface area contributed by atoms with Crippen LogP contribution in [-0.2, 0) is 32.1 Å². The molecule has 1 aromatic carbocycles. The minimum absolute atomic E-state index is 0.458. The van der Waals surface area contributed by atoms with Crippen LogP contribution in [-0.4, -0.2) is 24.0 Å². The Balaban J connectivity index is 3.68. The predicted molar refractivity (Wildman–Crippen MR) is 168 cm³/mol. The summed E-state index contributed by atoms with van der Waals surface area (Å²) < 4.78 is 0. The van der Waals surface area contributed by atoms with Crippen LogP contribution in [0.3, 0.4) is 0 Å². The van der Waals surface area contributed by atoms with E-state index in [0.717, 1.165) is 35.1 Å². The average molecular weight is 766 g/mol. The fraction of sp³-hybridized carbons (Fsp3) is 0.647. The molecule has 0 unspecified atom stereocenters. The second-order valence-corrected chi connectivity index (χ2v) is 45.0. The maximum atomic E-state index is 6.26. The molecule has 0 aliphatic rings. The van der Waals surface area contributed by atoms with Gasteiger partial charge in [0.15, 0.2) is 0 Å². The van der Waals surface area contributed by atoms with Crippen molar-refractivity contribution >= 4 is 157 Å². The van der Waals surface area contributed by atoms with Crippen molar-refractivity contribution in [3.05, 3.63) is 33.9 Å². The summed E-state index contributed by atoms with van der Waals surface area (Å²) in [6.07, 6.45) is 4.25. The van der Waals surface area contributed by atoms with E-state index in [0.29, 0.717) is 49.9 Å². The van der Waals surface area contributed by atoms with Crippen LogP contribution < -0.4 is 0 Å². The molecule has 0 amide bonds. The Morgan fingerprint density at radius 2 is 0.758 bits per heavy atom. The van der Waals surface area contributed by atoms with Gasteiger partial charge in [-0.1, -0.05) is 19.4 Å². The quantitative estimate of drug-likeness (QED) is 0.131. The van der Waals surface area contributed by atoms with Crippen molar-refractivity contribution in [2.45, 2.75) is 69.6 Å². The van der Waals surface area contributed by atoms with Crippen molar-refractivity contribution in [2.24, 2.45) is 0 Å². The Bertz CT molecular complexity index is 766. The van der Waals surface area contributed by atoms with Crippen LogP contribution in [0.2, 0.25) is 24.2 Å². The van der Waals surface area contributed by atoms with Gasteiger partial charge in [-0.25, -0.2) is 0 Å². The van der Waals surface area contributed by atoms with Crippen LogP contribution in [0.1, 0.15) is 41.2 Å². The van der Waals surface area contributed by atoms with Crippen molar-refractivity contribution in [3.63, 3.8) is 0 Å². The van der Waals surface area contributed by atoms with Crippen LogP contribution in [0, 0.1) is 0 Å². The smallest absolute Gasteiger partial charge is 0.126 e. The number of benzene rings is 1. The Morgan fingerprint density at radius 1 is 0.455 bits per heavy atom. The summed E-state index contributed by atoms with van der Waals surface area (Å²) in [6.45, 7) is 2.12. The van der Waals surface area contributed by atoms with Crippen LogP contribution in [0.5, 0.6) is 0 Å². The van der Waals surface area contributed by atoms with Gasteiger partial charge in [0.05, 0.1) is 0 Å². The summed E-state index contributed by atoms with van der Waals surface area (Å²) in [4.78, 5) is 0. The third-order valence-electron chi connectivity index (χ3n) is 5.02. The predicted octanol–water partition coefficient (Wildman–Crippen LogP) is 11.4. The zero-order valence-electron chi connectivity index (χ0n) is 17.7. The Morgan fingerprint density at radius 3 is 1.09 bits per heavy atom. The molecule has 16 heteroatoms. The number of halogens is 12. The first kappa shape index (κ1) is 34.6. The van der Waals surface area contributed by atoms with Gasteiger partial charge in [0.25, 0.3) is 0 Å². The van der Waals surface area contributed by atoms with Gasteiger partial charge in [0.1, 0.15) is 0 Å². The van der Waals surface area contributed by atoms with Gasteiger partial charge in [-0.15, -0.1) is 133 Å². The fourth-order valence-corrected chi connectivity index (χ4v) is 9.23. The highest BCUT2D eigenvalue weighted by Crippen LogP contribution is 2.38. The Labute approximate surface area is 257 Å². The molecule has 0 aliphatic carbocycles. The lowest BCUT2D eigenvalue weighted by Gasteiger charge is -2.25. The van der Waals surface area contributed by atoms with Crippen molar-refractivity contribution < 1.29 is 0 Å². The van der Waals surface area contributed by atoms with E-state index < -0.39 is 24.0 Å². The molecule has 0 saturated carbocycles. The third-order valence-corrected chi connectivity index (χ3v) is 15.1. The first-order chi connectivity index (χ1) is 14.8. The molecule has 0 nitrogen and oxygen atoms in total. The van der Waals surface area contributed by atoms with Crippen molar-refractivity contribution in [3.8, 4) is 0 Å². The average Bonchev–Trinajstić information content (AvgIpc) is 2.59. The van der Waals surface area contributed by atoms with Crippen molar-refractivity contribution in [1.82, 2.24) is 0 Å². The molecular formula is C17H24Cl12Si4. The van der Waals surface area contributed by atoms with E-state index >= 15 is 0 Å². The standard InChI is InChI=1S/C17H24Cl12Si4/c1-2-3-13-12-14(4-8-30(18,19)20)16(6-10-32(24,25)26)17(7-11-33(27,28)29)15(13)5-9-31(21,22)23/h12H,2-11H2,1H3. The SMILES string of the molecule is CCCc1cc(CC[Si](Cl)(Cl)Cl)c(CC[Si](Cl)(Cl)Cl)c(CC[Si](Cl)(Cl)Cl)c1CC[Si](Cl)(Cl)Cl. The molecule has 1 aromatic rings. The molecule has 0 saturated heterocycles. The molecule has 0 aromatic heterocycles. The highest BCUT2D eigenvalue weighted by Gasteiger charge is 2.32. The summed E-state index contributed by atoms with van der Waals surface area (Å²) in [5, 5.41) is 0. The second kappa shape index (κ2) is 14.8. The lowest BCUT2D eigenvalue weighted by atomic mass is 9.85. The minimum Gasteiger partial charge on any atom is -0.126 e. The molecule has 0 N–H and O–H groups in total. The fourth-order valence-electron chi connectivity index (χ4n) is 3.67. The van der Waals surface area contributed by atoms with E-state index in [1.807, 2.05) is 0 Å². The van der Waals surface area contributed by atoms with Crippen LogP contribution in [0.25, 0.3) is 0 Å². The highest BCUT2D eigenvalue weighted by atomic mass is 35.9. The summed E-state index contributed by atoms with van der Waals surface area (Å²) in [5.41, 5.74) is 5.62. The van der Waals surface area contributed by atoms with Crippen LogP contribution >= 0.6 is 133 Å². The lowest BCUT2D eigenvalue weighted by Crippen LogP contribution is -2.19. The van der Waals surface area contributed by atoms with Crippen molar-refractivity contribution in [2.75, 3.05) is 0 Å². The van der Waals surface area contributed by atoms with Gasteiger partial charge in [-0.2, -0.15) is 0 Å². The van der Waals surface area contributed by atoms with E-state index in [1.54, 1.807) is 0 Å². The first-order valence-electron chi connectivity index (χ1n) is 10.2. The molecule has 0 spiro atoms. The molecule has 0 atom stereocenters. The lowest BCUT2D eigenvalue weighted by molar-refractivity contribution is 0.861. The molecule has 0 aliphatic heterocycles. The molecule has 0 bridgehead atoms. The van der Waals surface area contributed by atoms with Gasteiger partial charge >= 0.3 is 24.0 Å². The molecule has 0 radical (unpaired) electrons. The van der Waals surface area contributed by atoms with Gasteiger partial charge in [0, 0.05) is 0 Å². The topological polar surface area (TPSA) is 0 Å². The van der Waals surface area contributed by atoms with Gasteiger partial charge in [-0.05, 0) is 84.1 Å². The third kappa shape index (κ3) is 15.7. The Kier molecular flexibility index (Phi) is 15.5. The first-order valence-corrected chi connectivity index (χ1v) is 31.2. The zero-order chi connectivity index (χ0) is 25.7. The van der Waals surface area contributed by atoms with Gasteiger partial charge < -0.3 is 0 Å². The van der Waals surface area contributed by atoms with Crippen molar-refractivity contribution in [1.29, 1.82) is 0 Å². The van der Waals surface area contributed by atoms with Crippen LogP contribution in [0.4, 0.5) is 0 Å². The monoisotopic (exact) mass is 760 g/mol. The number of hydrogen-bond acceptors (Lipinski definition) is 0. The van der Waals surface area contributed by atoms with Gasteiger partial charge in [-0.3, -0.25) is 0 Å². The molecule has 33 heavy (non-hydrogen) atoms. The molecule has 1 rings (SSSR count). The molecule has 0 fully saturated rings. The second-order valence-electron chi connectivity index (χ2n) is 7.84. The van der Waals surface area contributed by atoms with E-state index in [2.05, 4.69) is 13.0 Å². The van der Waals surface area contributed by atoms with E-state index in [1.165, 1.54) is 5.56 Å². The number of rotatable bonds is 14. The molecular weight excluding hydrogens is 742 g/mol. The van der Waals surface area contributed by atoms with E-state index in [4.69, 9.17) is 133 Å². The molecule has 192 valence electrons. The van der Waals surface area contributed by atoms with Crippen LogP contribution in [0.15, 0.2) is 6.07 Å². The minimum atomic E-state index is -2.89. The normalized spacial score (nSPS) is 13.6. The Hall–Kier alpha value is 3.57. The molecule has 0 heterocycles. The zero-order valence-corrected chi connectivity index (χ0v) is 30.8. The summed E-state index contributed by atoms with van der Waals surface area (Å²) in [7, 11) is 0. The highest BCUT2D eigenvalue weighted by molar-refractivity contribution is 7.66. The summed E-state index contributed by atoms with van der Waals surface area (Å²) in [6, 6.07) is -7.36. The number of hydrogen-bond donors (Lipinski definition) is 0. The largest absolute Gasteiger partial charge is 0.341 e. The maximum absolute atomic E-state index is 6.26. The van der Waals surface area contributed by atoms with Gasteiger partial charge in [0.2, 0.25) is 0 Å². The van der Waals surface area contributed by atoms with E-state index in [9.17, 15) is 0 Å². The van der Waals surface area contributed by atoms with E-state index in [-0.39, 0.29) is 0 Å². The summed E-state index contributed by atoms with van der Waals surface area (Å²) in [5.74, 6) is 0. The summed E-state index contributed by atoms with van der Waals surface area (Å²) >= 11 is 74.8. The number of aryl methyl sites for hydroxylation is 2.